The van der Waals surface area contributed by atoms with E-state index in [1.54, 1.807) is 19.1 Å². The molecule has 1 heterocycles. The van der Waals surface area contributed by atoms with Gasteiger partial charge < -0.3 is 10.6 Å². The van der Waals surface area contributed by atoms with Gasteiger partial charge in [0.2, 0.25) is 0 Å². The second-order valence-corrected chi connectivity index (χ2v) is 4.10. The number of carbonyl (C=O) groups is 1. The lowest BCUT2D eigenvalue weighted by Crippen LogP contribution is -2.26. The van der Waals surface area contributed by atoms with Crippen LogP contribution in [0.25, 0.3) is 0 Å². The second kappa shape index (κ2) is 4.95. The van der Waals surface area contributed by atoms with E-state index in [0.717, 1.165) is 12.8 Å². The van der Waals surface area contributed by atoms with Gasteiger partial charge in [0.05, 0.1) is 0 Å². The highest BCUT2D eigenvalue weighted by molar-refractivity contribution is 5.93. The molecular weight excluding hydrogens is 216 g/mol. The number of anilines is 1. The standard InChI is InChI=1S/C12H16N4O/c1-3-6-13-11-7-10(14-8(2)15-11)12(17)16-9-4-5-9/h3,7,9H,1,4-6H2,2H3,(H,16,17)(H,13,14,15). The highest BCUT2D eigenvalue weighted by atomic mass is 16.2. The van der Waals surface area contributed by atoms with Crippen molar-refractivity contribution in [3.63, 3.8) is 0 Å². The van der Waals surface area contributed by atoms with Gasteiger partial charge in [0.25, 0.3) is 5.91 Å². The molecule has 0 unspecified atom stereocenters. The Balaban J connectivity index is 2.11. The summed E-state index contributed by atoms with van der Waals surface area (Å²) in [5.74, 6) is 1.11. The zero-order valence-electron chi connectivity index (χ0n) is 9.86. The van der Waals surface area contributed by atoms with Crippen LogP contribution in [0.5, 0.6) is 0 Å². The largest absolute Gasteiger partial charge is 0.366 e. The summed E-state index contributed by atoms with van der Waals surface area (Å²) in [6.07, 6.45) is 3.87. The van der Waals surface area contributed by atoms with Crippen molar-refractivity contribution in [3.8, 4) is 0 Å². The van der Waals surface area contributed by atoms with Gasteiger partial charge in [-0.3, -0.25) is 4.79 Å². The summed E-state index contributed by atoms with van der Waals surface area (Å²) in [6.45, 7) is 6.00. The first-order chi connectivity index (χ1) is 8.19. The molecule has 1 aliphatic rings. The second-order valence-electron chi connectivity index (χ2n) is 4.10. The summed E-state index contributed by atoms with van der Waals surface area (Å²) < 4.78 is 0. The molecule has 5 nitrogen and oxygen atoms in total. The van der Waals surface area contributed by atoms with E-state index in [2.05, 4.69) is 27.2 Å². The number of aromatic nitrogens is 2. The lowest BCUT2D eigenvalue weighted by molar-refractivity contribution is 0.0945. The van der Waals surface area contributed by atoms with Crippen molar-refractivity contribution in [3.05, 3.63) is 30.2 Å². The third-order valence-electron chi connectivity index (χ3n) is 2.41. The summed E-state index contributed by atoms with van der Waals surface area (Å²) in [5.41, 5.74) is 0.413. The maximum Gasteiger partial charge on any atom is 0.270 e. The molecule has 0 saturated heterocycles. The molecule has 0 atom stereocenters. The SMILES string of the molecule is C=CCNc1cc(C(=O)NC2CC2)nc(C)n1. The molecule has 2 N–H and O–H groups in total. The van der Waals surface area contributed by atoms with Crippen LogP contribution in [-0.4, -0.2) is 28.5 Å². The minimum absolute atomic E-state index is 0.125. The van der Waals surface area contributed by atoms with Gasteiger partial charge >= 0.3 is 0 Å². The molecule has 0 spiro atoms. The minimum Gasteiger partial charge on any atom is -0.366 e. The highest BCUT2D eigenvalue weighted by Gasteiger charge is 2.24. The van der Waals surface area contributed by atoms with E-state index < -0.39 is 0 Å². The van der Waals surface area contributed by atoms with Gasteiger partial charge in [0, 0.05) is 18.7 Å². The molecule has 1 aromatic heterocycles. The summed E-state index contributed by atoms with van der Waals surface area (Å²) in [7, 11) is 0. The molecule has 0 bridgehead atoms. The van der Waals surface area contributed by atoms with Gasteiger partial charge in [0.1, 0.15) is 17.3 Å². The van der Waals surface area contributed by atoms with Gasteiger partial charge in [-0.2, -0.15) is 0 Å². The van der Waals surface area contributed by atoms with Gasteiger partial charge in [-0.05, 0) is 19.8 Å². The van der Waals surface area contributed by atoms with Gasteiger partial charge in [-0.15, -0.1) is 6.58 Å². The van der Waals surface area contributed by atoms with Crippen molar-refractivity contribution in [1.82, 2.24) is 15.3 Å². The first-order valence-electron chi connectivity index (χ1n) is 5.70. The predicted octanol–water partition coefficient (Wildman–Crippen LogP) is 1.28. The number of nitrogens with zero attached hydrogens (tertiary/aromatic N) is 2. The average Bonchev–Trinajstić information content (AvgIpc) is 3.09. The first-order valence-corrected chi connectivity index (χ1v) is 5.70. The Labute approximate surface area is 100 Å². The van der Waals surface area contributed by atoms with Crippen LogP contribution in [0.4, 0.5) is 5.82 Å². The smallest absolute Gasteiger partial charge is 0.270 e. The summed E-state index contributed by atoms with van der Waals surface area (Å²) in [5, 5.41) is 5.95. The molecule has 1 aromatic rings. The fourth-order valence-electron chi connectivity index (χ4n) is 1.44. The molecule has 5 heteroatoms. The highest BCUT2D eigenvalue weighted by Crippen LogP contribution is 2.19. The Hall–Kier alpha value is -1.91. The van der Waals surface area contributed by atoms with Crippen molar-refractivity contribution < 1.29 is 4.79 Å². The number of hydrogen-bond acceptors (Lipinski definition) is 4. The Morgan fingerprint density at radius 2 is 2.35 bits per heavy atom. The molecule has 0 aliphatic heterocycles. The van der Waals surface area contributed by atoms with Crippen molar-refractivity contribution in [2.24, 2.45) is 0 Å². The lowest BCUT2D eigenvalue weighted by Gasteiger charge is -2.07. The molecule has 2 rings (SSSR count). The van der Waals surface area contributed by atoms with Crippen LogP contribution < -0.4 is 10.6 Å². The molecule has 17 heavy (non-hydrogen) atoms. The van der Waals surface area contributed by atoms with Gasteiger partial charge in [-0.25, -0.2) is 9.97 Å². The Kier molecular flexibility index (Phi) is 3.37. The van der Waals surface area contributed by atoms with E-state index in [9.17, 15) is 4.79 Å². The van der Waals surface area contributed by atoms with Gasteiger partial charge in [-0.1, -0.05) is 6.08 Å². The van der Waals surface area contributed by atoms with Crippen LogP contribution in [0.1, 0.15) is 29.2 Å². The third-order valence-corrected chi connectivity index (χ3v) is 2.41. The van der Waals surface area contributed by atoms with E-state index in [0.29, 0.717) is 29.9 Å². The maximum atomic E-state index is 11.8. The van der Waals surface area contributed by atoms with Crippen molar-refractivity contribution in [1.29, 1.82) is 0 Å². The Morgan fingerprint density at radius 1 is 1.59 bits per heavy atom. The van der Waals surface area contributed by atoms with Crippen LogP contribution in [0.2, 0.25) is 0 Å². The van der Waals surface area contributed by atoms with Crippen LogP contribution in [-0.2, 0) is 0 Å². The van der Waals surface area contributed by atoms with Crippen LogP contribution in [0, 0.1) is 6.92 Å². The number of aryl methyl sites for hydroxylation is 1. The zero-order chi connectivity index (χ0) is 12.3. The maximum absolute atomic E-state index is 11.8. The summed E-state index contributed by atoms with van der Waals surface area (Å²) >= 11 is 0. The van der Waals surface area contributed by atoms with Crippen LogP contribution >= 0.6 is 0 Å². The number of carbonyl (C=O) groups excluding carboxylic acids is 1. The molecule has 0 radical (unpaired) electrons. The van der Waals surface area contributed by atoms with Gasteiger partial charge in [0.15, 0.2) is 0 Å². The minimum atomic E-state index is -0.125. The fourth-order valence-corrected chi connectivity index (χ4v) is 1.44. The summed E-state index contributed by atoms with van der Waals surface area (Å²) in [6, 6.07) is 2.00. The lowest BCUT2D eigenvalue weighted by atomic mass is 10.3. The van der Waals surface area contributed by atoms with Crippen LogP contribution in [0.15, 0.2) is 18.7 Å². The quantitative estimate of drug-likeness (QED) is 0.750. The third kappa shape index (κ3) is 3.27. The normalized spacial score (nSPS) is 14.2. The Morgan fingerprint density at radius 3 is 3.00 bits per heavy atom. The number of rotatable bonds is 5. The molecule has 1 fully saturated rings. The molecule has 90 valence electrons. The number of nitrogens with one attached hydrogen (secondary N) is 2. The van der Waals surface area contributed by atoms with Crippen molar-refractivity contribution in [2.45, 2.75) is 25.8 Å². The van der Waals surface area contributed by atoms with Crippen LogP contribution in [0.3, 0.4) is 0 Å². The summed E-state index contributed by atoms with van der Waals surface area (Å²) in [4.78, 5) is 20.2. The van der Waals surface area contributed by atoms with E-state index in [1.165, 1.54) is 0 Å². The number of amides is 1. The molecular formula is C12H16N4O. The zero-order valence-corrected chi connectivity index (χ0v) is 9.86. The molecule has 1 amide bonds. The molecule has 1 aliphatic carbocycles. The Bertz CT molecular complexity index is 440. The number of hydrogen-bond donors (Lipinski definition) is 2. The van der Waals surface area contributed by atoms with E-state index >= 15 is 0 Å². The fraction of sp³-hybridized carbons (Fsp3) is 0.417. The predicted molar refractivity (Wildman–Crippen MR) is 65.9 cm³/mol. The molecule has 1 saturated carbocycles. The average molecular weight is 232 g/mol. The van der Waals surface area contributed by atoms with Crippen molar-refractivity contribution >= 4 is 11.7 Å². The van der Waals surface area contributed by atoms with E-state index in [-0.39, 0.29) is 5.91 Å². The monoisotopic (exact) mass is 232 g/mol. The van der Waals surface area contributed by atoms with E-state index in [1.807, 2.05) is 0 Å². The first kappa shape index (κ1) is 11.6. The van der Waals surface area contributed by atoms with E-state index in [4.69, 9.17) is 0 Å². The molecule has 0 aromatic carbocycles. The van der Waals surface area contributed by atoms with Crippen molar-refractivity contribution in [2.75, 3.05) is 11.9 Å². The topological polar surface area (TPSA) is 66.9 Å².